The van der Waals surface area contributed by atoms with E-state index in [2.05, 4.69) is 9.71 Å². The van der Waals surface area contributed by atoms with Gasteiger partial charge < -0.3 is 19.7 Å². The quantitative estimate of drug-likeness (QED) is 0.682. The van der Waals surface area contributed by atoms with Crippen molar-refractivity contribution in [3.63, 3.8) is 0 Å². The smallest absolute Gasteiger partial charge is 0.340 e. The van der Waals surface area contributed by atoms with Gasteiger partial charge in [0.25, 0.3) is 15.9 Å². The van der Waals surface area contributed by atoms with E-state index in [9.17, 15) is 18.0 Å². The largest absolute Gasteiger partial charge is 0.496 e. The maximum absolute atomic E-state index is 12.2. The lowest BCUT2D eigenvalue weighted by atomic mass is 10.1. The van der Waals surface area contributed by atoms with Gasteiger partial charge >= 0.3 is 5.97 Å². The minimum Gasteiger partial charge on any atom is -0.496 e. The number of nitrogens with zero attached hydrogens (tertiary/aromatic N) is 2. The number of benzene rings is 1. The highest BCUT2D eigenvalue weighted by molar-refractivity contribution is 7.90. The fourth-order valence-corrected chi connectivity index (χ4v) is 3.89. The van der Waals surface area contributed by atoms with Gasteiger partial charge in [0, 0.05) is 18.3 Å². The zero-order chi connectivity index (χ0) is 21.0. The summed E-state index contributed by atoms with van der Waals surface area (Å²) in [5.41, 5.74) is 1.01. The molecule has 1 aromatic carbocycles. The molecule has 9 nitrogen and oxygen atoms in total. The van der Waals surface area contributed by atoms with Crippen LogP contribution in [0, 0.1) is 0 Å². The van der Waals surface area contributed by atoms with Gasteiger partial charge in [-0.2, -0.15) is 0 Å². The predicted octanol–water partition coefficient (Wildman–Crippen LogP) is 0.913. The molecule has 0 aromatic heterocycles. The fraction of sp³-hybridized carbons (Fsp3) is 0.316. The highest BCUT2D eigenvalue weighted by Crippen LogP contribution is 2.24. The molecule has 0 saturated carbocycles. The standard InChI is InChI=1S/C19H21N3O6S/c1-13(15-5-3-4-6-16(15)27-2)20-18(23)12-28-19(24)14-7-8-17-21-29(25,26)10-9-22(17)11-14/h3-8,11,13H,9-10,12H2,1-2H3,(H,20,23). The predicted molar refractivity (Wildman–Crippen MR) is 106 cm³/mol. The molecule has 0 fully saturated rings. The lowest BCUT2D eigenvalue weighted by molar-refractivity contribution is -0.144. The van der Waals surface area contributed by atoms with Crippen LogP contribution in [0.15, 0.2) is 52.6 Å². The fourth-order valence-electron chi connectivity index (χ4n) is 2.92. The van der Waals surface area contributed by atoms with Crippen molar-refractivity contribution in [3.05, 3.63) is 53.8 Å². The Balaban J connectivity index is 1.55. The number of fused-ring (bicyclic) bond motifs is 1. The number of sulfonamides is 1. The van der Waals surface area contributed by atoms with E-state index in [0.717, 1.165) is 5.56 Å². The number of hydrogen-bond acceptors (Lipinski definition) is 7. The van der Waals surface area contributed by atoms with Crippen LogP contribution in [0.5, 0.6) is 5.75 Å². The summed E-state index contributed by atoms with van der Waals surface area (Å²) in [4.78, 5) is 25.9. The van der Waals surface area contributed by atoms with Crippen molar-refractivity contribution in [3.8, 4) is 5.75 Å². The number of ether oxygens (including phenoxy) is 2. The summed E-state index contributed by atoms with van der Waals surface area (Å²) in [6, 6.07) is 6.97. The van der Waals surface area contributed by atoms with Crippen molar-refractivity contribution in [1.29, 1.82) is 0 Å². The van der Waals surface area contributed by atoms with Crippen LogP contribution in [-0.4, -0.2) is 57.0 Å². The summed E-state index contributed by atoms with van der Waals surface area (Å²) in [5.74, 6) is -0.379. The maximum Gasteiger partial charge on any atom is 0.340 e. The molecule has 0 aliphatic carbocycles. The minimum absolute atomic E-state index is 0.133. The SMILES string of the molecule is COc1ccccc1C(C)NC(=O)COC(=O)C1=CN2CCS(=O)(=O)N=C2C=C1. The highest BCUT2D eigenvalue weighted by atomic mass is 32.2. The summed E-state index contributed by atoms with van der Waals surface area (Å²) >= 11 is 0. The molecule has 3 rings (SSSR count). The van der Waals surface area contributed by atoms with E-state index in [-0.39, 0.29) is 29.7 Å². The first-order chi connectivity index (χ1) is 13.8. The molecule has 1 unspecified atom stereocenters. The van der Waals surface area contributed by atoms with E-state index in [1.54, 1.807) is 25.0 Å². The number of amidine groups is 1. The number of rotatable bonds is 6. The zero-order valence-electron chi connectivity index (χ0n) is 16.0. The average Bonchev–Trinajstić information content (AvgIpc) is 2.70. The van der Waals surface area contributed by atoms with Gasteiger partial charge in [-0.25, -0.2) is 13.2 Å². The Morgan fingerprint density at radius 3 is 2.79 bits per heavy atom. The lowest BCUT2D eigenvalue weighted by Gasteiger charge is -2.26. The number of esters is 1. The number of para-hydroxylation sites is 1. The third-order valence-electron chi connectivity index (χ3n) is 4.38. The minimum atomic E-state index is -3.46. The Morgan fingerprint density at radius 2 is 2.03 bits per heavy atom. The topological polar surface area (TPSA) is 114 Å². The van der Waals surface area contributed by atoms with Gasteiger partial charge in [-0.3, -0.25) is 4.79 Å². The van der Waals surface area contributed by atoms with E-state index in [0.29, 0.717) is 5.75 Å². The first-order valence-corrected chi connectivity index (χ1v) is 10.5. The molecule has 1 N–H and O–H groups in total. The second-order valence-corrected chi connectivity index (χ2v) is 8.21. The van der Waals surface area contributed by atoms with E-state index < -0.39 is 28.5 Å². The zero-order valence-corrected chi connectivity index (χ0v) is 16.8. The molecule has 2 heterocycles. The number of carbonyl (C=O) groups excluding carboxylic acids is 2. The molecular weight excluding hydrogens is 398 g/mol. The number of carbonyl (C=O) groups is 2. The molecule has 29 heavy (non-hydrogen) atoms. The van der Waals surface area contributed by atoms with E-state index in [4.69, 9.17) is 9.47 Å². The van der Waals surface area contributed by atoms with E-state index in [1.807, 2.05) is 18.2 Å². The van der Waals surface area contributed by atoms with Crippen molar-refractivity contribution in [2.24, 2.45) is 4.40 Å². The summed E-state index contributed by atoms with van der Waals surface area (Å²) in [6.45, 7) is 1.55. The molecule has 2 aliphatic rings. The number of hydrogen-bond donors (Lipinski definition) is 1. The Hall–Kier alpha value is -3.14. The van der Waals surface area contributed by atoms with Crippen molar-refractivity contribution >= 4 is 27.7 Å². The molecule has 1 atom stereocenters. The Bertz CT molecular complexity index is 1010. The molecule has 2 aliphatic heterocycles. The highest BCUT2D eigenvalue weighted by Gasteiger charge is 2.25. The van der Waals surface area contributed by atoms with Crippen molar-refractivity contribution < 1.29 is 27.5 Å². The van der Waals surface area contributed by atoms with Gasteiger partial charge in [0.05, 0.1) is 24.5 Å². The van der Waals surface area contributed by atoms with Crippen LogP contribution < -0.4 is 10.1 Å². The van der Waals surface area contributed by atoms with Crippen LogP contribution in [0.25, 0.3) is 0 Å². The summed E-state index contributed by atoms with van der Waals surface area (Å²) in [7, 11) is -1.91. The number of amides is 1. The number of nitrogens with one attached hydrogen (secondary N) is 1. The average molecular weight is 419 g/mol. The van der Waals surface area contributed by atoms with Crippen molar-refractivity contribution in [2.75, 3.05) is 26.0 Å². The second-order valence-electron chi connectivity index (χ2n) is 6.45. The molecule has 154 valence electrons. The van der Waals surface area contributed by atoms with Crippen LogP contribution in [0.3, 0.4) is 0 Å². The summed E-state index contributed by atoms with van der Waals surface area (Å²) in [5, 5.41) is 2.75. The van der Waals surface area contributed by atoms with Gasteiger partial charge in [-0.05, 0) is 25.1 Å². The van der Waals surface area contributed by atoms with Crippen LogP contribution in [0.1, 0.15) is 18.5 Å². The Morgan fingerprint density at radius 1 is 1.28 bits per heavy atom. The third kappa shape index (κ3) is 5.02. The van der Waals surface area contributed by atoms with Gasteiger partial charge in [0.1, 0.15) is 11.6 Å². The van der Waals surface area contributed by atoms with Crippen LogP contribution in [0.2, 0.25) is 0 Å². The van der Waals surface area contributed by atoms with Crippen molar-refractivity contribution in [1.82, 2.24) is 10.2 Å². The molecule has 0 radical (unpaired) electrons. The molecule has 1 amide bonds. The number of methoxy groups -OCH3 is 1. The normalized spacial score (nSPS) is 18.1. The summed E-state index contributed by atoms with van der Waals surface area (Å²) in [6.07, 6.45) is 4.30. The van der Waals surface area contributed by atoms with E-state index >= 15 is 0 Å². The molecule has 10 heteroatoms. The first kappa shape index (κ1) is 20.6. The third-order valence-corrected chi connectivity index (χ3v) is 5.54. The van der Waals surface area contributed by atoms with Gasteiger partial charge in [0.15, 0.2) is 6.61 Å². The van der Waals surface area contributed by atoms with Crippen LogP contribution in [0.4, 0.5) is 0 Å². The van der Waals surface area contributed by atoms with Crippen LogP contribution in [-0.2, 0) is 24.3 Å². The molecular formula is C19H21N3O6S. The van der Waals surface area contributed by atoms with Gasteiger partial charge in [-0.1, -0.05) is 18.2 Å². The van der Waals surface area contributed by atoms with Crippen molar-refractivity contribution in [2.45, 2.75) is 13.0 Å². The summed E-state index contributed by atoms with van der Waals surface area (Å²) < 4.78 is 37.0. The molecule has 1 aromatic rings. The molecule has 0 spiro atoms. The first-order valence-electron chi connectivity index (χ1n) is 8.87. The second kappa shape index (κ2) is 8.48. The lowest BCUT2D eigenvalue weighted by Crippen LogP contribution is -2.37. The molecule has 0 saturated heterocycles. The Labute approximate surface area is 168 Å². The van der Waals surface area contributed by atoms with E-state index in [1.165, 1.54) is 18.4 Å². The monoisotopic (exact) mass is 419 g/mol. The van der Waals surface area contributed by atoms with Crippen LogP contribution >= 0.6 is 0 Å². The Kier molecular flexibility index (Phi) is 6.02. The van der Waals surface area contributed by atoms with Gasteiger partial charge in [0.2, 0.25) is 0 Å². The molecule has 0 bridgehead atoms. The maximum atomic E-state index is 12.2. The van der Waals surface area contributed by atoms with Gasteiger partial charge in [-0.15, -0.1) is 4.40 Å².